The maximum absolute atomic E-state index is 13.0. The van der Waals surface area contributed by atoms with Crippen molar-refractivity contribution >= 4 is 33.6 Å². The fraction of sp³-hybridized carbons (Fsp3) is 0.385. The molecule has 2 amide bonds. The van der Waals surface area contributed by atoms with Crippen LogP contribution in [0.2, 0.25) is 0 Å². The minimum Gasteiger partial charge on any atom is -0.481 e. The molecule has 0 aliphatic carbocycles. The van der Waals surface area contributed by atoms with E-state index >= 15 is 0 Å². The summed E-state index contributed by atoms with van der Waals surface area (Å²) in [6.07, 6.45) is 0. The SMILES string of the molecule is CN(C(=O)Nc1ccc(F)cc1Br)C1COCC1C(=O)O. The molecule has 0 spiro atoms. The van der Waals surface area contributed by atoms with Crippen LogP contribution >= 0.6 is 15.9 Å². The number of carbonyl (C=O) groups is 2. The summed E-state index contributed by atoms with van der Waals surface area (Å²) in [7, 11) is 1.50. The average Bonchev–Trinajstić information content (AvgIpc) is 2.90. The summed E-state index contributed by atoms with van der Waals surface area (Å²) in [5.41, 5.74) is 0.402. The van der Waals surface area contributed by atoms with Crippen molar-refractivity contribution < 1.29 is 23.8 Å². The Morgan fingerprint density at radius 3 is 2.81 bits per heavy atom. The number of carbonyl (C=O) groups excluding carboxylic acids is 1. The number of hydrogen-bond acceptors (Lipinski definition) is 3. The van der Waals surface area contributed by atoms with Crippen LogP contribution in [0.5, 0.6) is 0 Å². The number of hydrogen-bond donors (Lipinski definition) is 2. The molecule has 2 unspecified atom stereocenters. The van der Waals surface area contributed by atoms with E-state index in [4.69, 9.17) is 9.84 Å². The molecule has 6 nitrogen and oxygen atoms in total. The van der Waals surface area contributed by atoms with E-state index in [-0.39, 0.29) is 13.2 Å². The molecule has 0 aromatic heterocycles. The number of rotatable bonds is 3. The predicted molar refractivity (Wildman–Crippen MR) is 76.6 cm³/mol. The van der Waals surface area contributed by atoms with Crippen LogP contribution in [0.3, 0.4) is 0 Å². The molecule has 1 aromatic rings. The highest BCUT2D eigenvalue weighted by Gasteiger charge is 2.38. The van der Waals surface area contributed by atoms with Crippen LogP contribution in [0.4, 0.5) is 14.9 Å². The summed E-state index contributed by atoms with van der Waals surface area (Å²) >= 11 is 3.15. The Morgan fingerprint density at radius 1 is 1.48 bits per heavy atom. The van der Waals surface area contributed by atoms with Gasteiger partial charge in [-0.25, -0.2) is 9.18 Å². The van der Waals surface area contributed by atoms with E-state index < -0.39 is 29.8 Å². The predicted octanol–water partition coefficient (Wildman–Crippen LogP) is 2.15. The number of amides is 2. The van der Waals surface area contributed by atoms with Crippen LogP contribution in [-0.2, 0) is 9.53 Å². The molecule has 1 heterocycles. The molecule has 1 aromatic carbocycles. The lowest BCUT2D eigenvalue weighted by molar-refractivity contribution is -0.142. The number of anilines is 1. The summed E-state index contributed by atoms with van der Waals surface area (Å²) < 4.78 is 18.5. The Labute approximate surface area is 129 Å². The fourth-order valence-corrected chi connectivity index (χ4v) is 2.56. The van der Waals surface area contributed by atoms with Gasteiger partial charge in [0.15, 0.2) is 0 Å². The maximum atomic E-state index is 13.0. The van der Waals surface area contributed by atoms with Crippen molar-refractivity contribution in [3.05, 3.63) is 28.5 Å². The molecule has 2 atom stereocenters. The molecule has 1 saturated heterocycles. The molecular weight excluding hydrogens is 347 g/mol. The first kappa shape index (κ1) is 15.7. The molecule has 1 fully saturated rings. The van der Waals surface area contributed by atoms with Crippen LogP contribution in [0.25, 0.3) is 0 Å². The number of benzene rings is 1. The van der Waals surface area contributed by atoms with Crippen LogP contribution in [0, 0.1) is 11.7 Å². The van der Waals surface area contributed by atoms with Crippen LogP contribution in [0.15, 0.2) is 22.7 Å². The molecular formula is C13H14BrFN2O4. The summed E-state index contributed by atoms with van der Waals surface area (Å²) in [6, 6.07) is 2.85. The Balaban J connectivity index is 2.07. The first-order chi connectivity index (χ1) is 9.90. The standard InChI is InChI=1S/C13H14BrFN2O4/c1-17(11-6-21-5-8(11)12(18)19)13(20)16-10-3-2-7(15)4-9(10)14/h2-4,8,11H,5-6H2,1H3,(H,16,20)(H,18,19). The molecule has 2 rings (SSSR count). The quantitative estimate of drug-likeness (QED) is 0.865. The molecule has 0 bridgehead atoms. The van der Waals surface area contributed by atoms with E-state index in [2.05, 4.69) is 21.2 Å². The van der Waals surface area contributed by atoms with Crippen molar-refractivity contribution in [3.63, 3.8) is 0 Å². The number of aliphatic carboxylic acids is 1. The van der Waals surface area contributed by atoms with Gasteiger partial charge in [0, 0.05) is 11.5 Å². The van der Waals surface area contributed by atoms with Gasteiger partial charge in [-0.2, -0.15) is 0 Å². The van der Waals surface area contributed by atoms with Gasteiger partial charge in [0.2, 0.25) is 0 Å². The second kappa shape index (κ2) is 6.40. The summed E-state index contributed by atoms with van der Waals surface area (Å²) in [6.45, 7) is 0.253. The van der Waals surface area contributed by atoms with Crippen LogP contribution < -0.4 is 5.32 Å². The molecule has 1 aliphatic rings. The zero-order chi connectivity index (χ0) is 15.6. The van der Waals surface area contributed by atoms with Gasteiger partial charge in [-0.05, 0) is 34.1 Å². The Hall–Kier alpha value is -1.67. The lowest BCUT2D eigenvalue weighted by Gasteiger charge is -2.26. The third-order valence-corrected chi connectivity index (χ3v) is 4.01. The number of halogens is 2. The molecule has 0 saturated carbocycles. The third-order valence-electron chi connectivity index (χ3n) is 3.36. The van der Waals surface area contributed by atoms with Crippen molar-refractivity contribution in [1.82, 2.24) is 4.90 Å². The molecule has 1 aliphatic heterocycles. The van der Waals surface area contributed by atoms with Gasteiger partial charge >= 0.3 is 12.0 Å². The van der Waals surface area contributed by atoms with Crippen molar-refractivity contribution in [2.24, 2.45) is 5.92 Å². The number of carboxylic acids is 1. The van der Waals surface area contributed by atoms with Gasteiger partial charge in [-0.15, -0.1) is 0 Å². The second-order valence-electron chi connectivity index (χ2n) is 4.71. The van der Waals surface area contributed by atoms with Crippen molar-refractivity contribution in [2.75, 3.05) is 25.6 Å². The van der Waals surface area contributed by atoms with Gasteiger partial charge in [0.25, 0.3) is 0 Å². The van der Waals surface area contributed by atoms with Crippen molar-refractivity contribution in [3.8, 4) is 0 Å². The average molecular weight is 361 g/mol. The highest BCUT2D eigenvalue weighted by molar-refractivity contribution is 9.10. The molecule has 0 radical (unpaired) electrons. The zero-order valence-corrected chi connectivity index (χ0v) is 12.8. The lowest BCUT2D eigenvalue weighted by Crippen LogP contribution is -2.45. The molecule has 114 valence electrons. The summed E-state index contributed by atoms with van der Waals surface area (Å²) in [4.78, 5) is 24.6. The number of likely N-dealkylation sites (N-methyl/N-ethyl adjacent to an activating group) is 1. The van der Waals surface area contributed by atoms with Gasteiger partial charge in [-0.1, -0.05) is 0 Å². The first-order valence-electron chi connectivity index (χ1n) is 6.19. The summed E-state index contributed by atoms with van der Waals surface area (Å²) in [5.74, 6) is -2.18. The largest absolute Gasteiger partial charge is 0.481 e. The van der Waals surface area contributed by atoms with E-state index in [9.17, 15) is 14.0 Å². The van der Waals surface area contributed by atoms with Gasteiger partial charge in [0.05, 0.1) is 24.9 Å². The number of urea groups is 1. The number of ether oxygens (including phenoxy) is 1. The molecule has 2 N–H and O–H groups in total. The molecule has 8 heteroatoms. The Morgan fingerprint density at radius 2 is 2.19 bits per heavy atom. The minimum atomic E-state index is -1.000. The van der Waals surface area contributed by atoms with E-state index in [1.807, 2.05) is 0 Å². The summed E-state index contributed by atoms with van der Waals surface area (Å²) in [5, 5.41) is 11.7. The van der Waals surface area contributed by atoms with E-state index in [0.717, 1.165) is 0 Å². The van der Waals surface area contributed by atoms with Gasteiger partial charge in [-0.3, -0.25) is 4.79 Å². The highest BCUT2D eigenvalue weighted by atomic mass is 79.9. The zero-order valence-electron chi connectivity index (χ0n) is 11.2. The number of carboxylic acid groups (broad SMARTS) is 1. The van der Waals surface area contributed by atoms with E-state index in [1.54, 1.807) is 0 Å². The number of nitrogens with one attached hydrogen (secondary N) is 1. The van der Waals surface area contributed by atoms with E-state index in [0.29, 0.717) is 10.2 Å². The van der Waals surface area contributed by atoms with Crippen LogP contribution in [-0.4, -0.2) is 48.3 Å². The fourth-order valence-electron chi connectivity index (χ4n) is 2.11. The monoisotopic (exact) mass is 360 g/mol. The molecule has 21 heavy (non-hydrogen) atoms. The topological polar surface area (TPSA) is 78.9 Å². The van der Waals surface area contributed by atoms with Gasteiger partial charge in [0.1, 0.15) is 11.7 Å². The minimum absolute atomic E-state index is 0.0812. The van der Waals surface area contributed by atoms with Gasteiger partial charge < -0.3 is 20.1 Å². The third kappa shape index (κ3) is 3.51. The van der Waals surface area contributed by atoms with Crippen LogP contribution in [0.1, 0.15) is 0 Å². The smallest absolute Gasteiger partial charge is 0.321 e. The van der Waals surface area contributed by atoms with Crippen molar-refractivity contribution in [1.29, 1.82) is 0 Å². The second-order valence-corrected chi connectivity index (χ2v) is 5.57. The Kier molecular flexibility index (Phi) is 4.79. The van der Waals surface area contributed by atoms with Crippen molar-refractivity contribution in [2.45, 2.75) is 6.04 Å². The lowest BCUT2D eigenvalue weighted by atomic mass is 10.0. The normalized spacial score (nSPS) is 21.1. The Bertz CT molecular complexity index is 569. The number of nitrogens with zero attached hydrogens (tertiary/aromatic N) is 1. The first-order valence-corrected chi connectivity index (χ1v) is 6.99. The highest BCUT2D eigenvalue weighted by Crippen LogP contribution is 2.25. The van der Waals surface area contributed by atoms with E-state index in [1.165, 1.54) is 30.1 Å². The maximum Gasteiger partial charge on any atom is 0.321 e.